The van der Waals surface area contributed by atoms with Gasteiger partial charge in [0.15, 0.2) is 5.43 Å². The van der Waals surface area contributed by atoms with Crippen molar-refractivity contribution >= 4 is 56.5 Å². The number of nitrogens with one attached hydrogen (secondary N) is 2. The highest BCUT2D eigenvalue weighted by atomic mass is 35.5. The van der Waals surface area contributed by atoms with Crippen LogP contribution >= 0.6 is 23.2 Å². The molecule has 0 aliphatic carbocycles. The molecule has 136 valence electrons. The molecule has 1 aromatic heterocycles. The Balaban J connectivity index is 1.89. The second-order valence-electron chi connectivity index (χ2n) is 6.17. The van der Waals surface area contributed by atoms with E-state index in [2.05, 4.69) is 16.4 Å². The first-order chi connectivity index (χ1) is 13.5. The number of aromatic amines is 1. The van der Waals surface area contributed by atoms with Crippen LogP contribution in [-0.4, -0.2) is 10.9 Å². The summed E-state index contributed by atoms with van der Waals surface area (Å²) in [6.45, 7) is 0. The standard InChI is InChI=1S/C21H11Cl2N3O2/c22-14-2-4-16(18(23)8-14)21(28)26-20-13(9-24)10-25-19-7-12-5-15(27)3-1-11(12)6-17(19)20/h1-8,10,25H,(H,26,28). The van der Waals surface area contributed by atoms with E-state index in [-0.39, 0.29) is 21.6 Å². The van der Waals surface area contributed by atoms with Crippen molar-refractivity contribution in [1.29, 1.82) is 5.26 Å². The number of anilines is 1. The Morgan fingerprint density at radius 2 is 1.86 bits per heavy atom. The predicted octanol–water partition coefficient (Wildman–Crippen LogP) is 5.11. The molecule has 0 saturated carbocycles. The molecule has 0 aliphatic rings. The number of hydrogen-bond donors (Lipinski definition) is 2. The number of aromatic nitrogens is 1. The summed E-state index contributed by atoms with van der Waals surface area (Å²) >= 11 is 12.0. The Morgan fingerprint density at radius 1 is 1.04 bits per heavy atom. The quantitative estimate of drug-likeness (QED) is 0.452. The first-order valence-electron chi connectivity index (χ1n) is 8.22. The van der Waals surface area contributed by atoms with E-state index in [1.54, 1.807) is 18.2 Å². The van der Waals surface area contributed by atoms with Gasteiger partial charge in [-0.1, -0.05) is 29.3 Å². The minimum atomic E-state index is -0.458. The summed E-state index contributed by atoms with van der Waals surface area (Å²) in [5.74, 6) is -0.458. The molecular formula is C21H11Cl2N3O2. The monoisotopic (exact) mass is 407 g/mol. The zero-order valence-corrected chi connectivity index (χ0v) is 15.7. The van der Waals surface area contributed by atoms with Crippen molar-refractivity contribution in [2.45, 2.75) is 0 Å². The van der Waals surface area contributed by atoms with E-state index in [9.17, 15) is 14.9 Å². The van der Waals surface area contributed by atoms with Crippen LogP contribution in [0.2, 0.25) is 10.0 Å². The van der Waals surface area contributed by atoms with E-state index in [1.807, 2.05) is 6.07 Å². The highest BCUT2D eigenvalue weighted by Crippen LogP contribution is 2.30. The van der Waals surface area contributed by atoms with Gasteiger partial charge in [0.25, 0.3) is 5.91 Å². The predicted molar refractivity (Wildman–Crippen MR) is 111 cm³/mol. The molecular weight excluding hydrogens is 397 g/mol. The number of hydrogen-bond acceptors (Lipinski definition) is 3. The molecule has 0 fully saturated rings. The van der Waals surface area contributed by atoms with Crippen molar-refractivity contribution in [1.82, 2.24) is 4.98 Å². The average molecular weight is 408 g/mol. The van der Waals surface area contributed by atoms with Gasteiger partial charge in [-0.3, -0.25) is 9.59 Å². The fourth-order valence-corrected chi connectivity index (χ4v) is 3.54. The van der Waals surface area contributed by atoms with Gasteiger partial charge in [-0.25, -0.2) is 0 Å². The Kier molecular flexibility index (Phi) is 4.52. The number of fused-ring (bicyclic) bond motifs is 2. The van der Waals surface area contributed by atoms with E-state index < -0.39 is 5.91 Å². The fourth-order valence-electron chi connectivity index (χ4n) is 3.05. The van der Waals surface area contributed by atoms with Crippen LogP contribution in [0, 0.1) is 11.3 Å². The largest absolute Gasteiger partial charge is 0.360 e. The van der Waals surface area contributed by atoms with Crippen molar-refractivity contribution in [2.24, 2.45) is 0 Å². The van der Waals surface area contributed by atoms with E-state index >= 15 is 0 Å². The SMILES string of the molecule is N#Cc1c[nH]c2cc3cc(=O)ccc3cc2c1NC(=O)c1ccc(Cl)cc1Cl. The number of benzene rings is 3. The van der Waals surface area contributed by atoms with Crippen LogP contribution in [0.4, 0.5) is 5.69 Å². The Bertz CT molecular complexity index is 1370. The van der Waals surface area contributed by atoms with Crippen molar-refractivity contribution in [2.75, 3.05) is 5.32 Å². The van der Waals surface area contributed by atoms with Crippen LogP contribution in [0.1, 0.15) is 15.9 Å². The van der Waals surface area contributed by atoms with Crippen molar-refractivity contribution in [3.8, 4) is 6.07 Å². The molecule has 0 saturated heterocycles. The Hall–Kier alpha value is -3.33. The smallest absolute Gasteiger partial charge is 0.257 e. The van der Waals surface area contributed by atoms with Gasteiger partial charge in [0.1, 0.15) is 6.07 Å². The Labute approximate surface area is 169 Å². The molecule has 0 aliphatic heterocycles. The zero-order chi connectivity index (χ0) is 19.8. The van der Waals surface area contributed by atoms with Gasteiger partial charge in [0, 0.05) is 22.1 Å². The molecule has 0 bridgehead atoms. The summed E-state index contributed by atoms with van der Waals surface area (Å²) in [6, 6.07) is 15.0. The molecule has 0 atom stereocenters. The molecule has 0 unspecified atom stereocenters. The summed E-state index contributed by atoms with van der Waals surface area (Å²) in [6.07, 6.45) is 1.51. The summed E-state index contributed by atoms with van der Waals surface area (Å²) in [5, 5.41) is 15.1. The molecule has 1 heterocycles. The summed E-state index contributed by atoms with van der Waals surface area (Å²) in [7, 11) is 0. The molecule has 28 heavy (non-hydrogen) atoms. The number of amides is 1. The van der Waals surface area contributed by atoms with E-state index in [1.165, 1.54) is 30.5 Å². The zero-order valence-electron chi connectivity index (χ0n) is 14.2. The van der Waals surface area contributed by atoms with Crippen molar-refractivity contribution < 1.29 is 4.79 Å². The number of carbonyl (C=O) groups is 1. The lowest BCUT2D eigenvalue weighted by molar-refractivity contribution is 0.102. The van der Waals surface area contributed by atoms with Gasteiger partial charge in [-0.15, -0.1) is 0 Å². The van der Waals surface area contributed by atoms with Crippen molar-refractivity contribution in [3.63, 3.8) is 0 Å². The van der Waals surface area contributed by atoms with Crippen LogP contribution in [0.15, 0.2) is 59.5 Å². The van der Waals surface area contributed by atoms with E-state index in [0.29, 0.717) is 21.6 Å². The molecule has 4 aromatic rings. The minimum absolute atomic E-state index is 0.0913. The summed E-state index contributed by atoms with van der Waals surface area (Å²) in [5.41, 5.74) is 1.46. The summed E-state index contributed by atoms with van der Waals surface area (Å²) in [4.78, 5) is 27.4. The number of carbonyl (C=O) groups excluding carboxylic acids is 1. The molecule has 0 spiro atoms. The maximum atomic E-state index is 12.8. The van der Waals surface area contributed by atoms with E-state index in [0.717, 1.165) is 10.8 Å². The second-order valence-corrected chi connectivity index (χ2v) is 7.02. The molecule has 1 amide bonds. The van der Waals surface area contributed by atoms with Crippen LogP contribution in [-0.2, 0) is 0 Å². The average Bonchev–Trinajstić information content (AvgIpc) is 2.66. The third-order valence-corrected chi connectivity index (χ3v) is 4.94. The minimum Gasteiger partial charge on any atom is -0.360 e. The lowest BCUT2D eigenvalue weighted by atomic mass is 10.0. The number of halogens is 2. The maximum Gasteiger partial charge on any atom is 0.257 e. The van der Waals surface area contributed by atoms with Gasteiger partial charge >= 0.3 is 0 Å². The number of rotatable bonds is 2. The maximum absolute atomic E-state index is 12.8. The number of nitrogens with zero attached hydrogens (tertiary/aromatic N) is 1. The first-order valence-corrected chi connectivity index (χ1v) is 8.97. The molecule has 7 heteroatoms. The molecule has 5 nitrogen and oxygen atoms in total. The van der Waals surface area contributed by atoms with Gasteiger partial charge < -0.3 is 10.3 Å². The lowest BCUT2D eigenvalue weighted by Gasteiger charge is -2.13. The number of nitriles is 1. The lowest BCUT2D eigenvalue weighted by Crippen LogP contribution is -2.14. The van der Waals surface area contributed by atoms with E-state index in [4.69, 9.17) is 23.2 Å². The number of H-pyrrole nitrogens is 1. The van der Waals surface area contributed by atoms with Crippen LogP contribution < -0.4 is 10.7 Å². The fraction of sp³-hybridized carbons (Fsp3) is 0. The molecule has 0 radical (unpaired) electrons. The molecule has 4 rings (SSSR count). The third kappa shape index (κ3) is 3.20. The number of pyridine rings is 1. The topological polar surface area (TPSA) is 85.8 Å². The van der Waals surface area contributed by atoms with Gasteiger partial charge in [-0.2, -0.15) is 5.26 Å². The van der Waals surface area contributed by atoms with Gasteiger partial charge in [0.05, 0.1) is 21.8 Å². The third-order valence-electron chi connectivity index (χ3n) is 4.39. The van der Waals surface area contributed by atoms with Crippen molar-refractivity contribution in [3.05, 3.63) is 86.1 Å². The Morgan fingerprint density at radius 3 is 2.61 bits per heavy atom. The highest BCUT2D eigenvalue weighted by Gasteiger charge is 2.16. The second kappa shape index (κ2) is 7.01. The van der Waals surface area contributed by atoms with Crippen LogP contribution in [0.25, 0.3) is 21.7 Å². The van der Waals surface area contributed by atoms with Crippen LogP contribution in [0.3, 0.4) is 0 Å². The first kappa shape index (κ1) is 18.1. The summed E-state index contributed by atoms with van der Waals surface area (Å²) < 4.78 is 0. The van der Waals surface area contributed by atoms with Gasteiger partial charge in [0.2, 0.25) is 0 Å². The van der Waals surface area contributed by atoms with Gasteiger partial charge in [-0.05, 0) is 53.2 Å². The normalized spacial score (nSPS) is 10.8. The molecule has 3 aromatic carbocycles. The van der Waals surface area contributed by atoms with Crippen LogP contribution in [0.5, 0.6) is 0 Å². The molecule has 2 N–H and O–H groups in total. The highest BCUT2D eigenvalue weighted by molar-refractivity contribution is 6.37.